The molecule has 2 N–H and O–H groups in total. The predicted octanol–water partition coefficient (Wildman–Crippen LogP) is 3.11. The van der Waals surface area contributed by atoms with Gasteiger partial charge in [-0.2, -0.15) is 0 Å². The Morgan fingerprint density at radius 3 is 1.74 bits per heavy atom. The number of rotatable bonds is 6. The topological polar surface area (TPSA) is 184 Å². The van der Waals surface area contributed by atoms with Crippen LogP contribution in [0.1, 0.15) is 46.0 Å². The number of fused-ring (bicyclic) bond motifs is 2. The summed E-state index contributed by atoms with van der Waals surface area (Å²) in [5, 5.41) is 4.01. The number of nitrogens with zero attached hydrogens (tertiary/aromatic N) is 1. The van der Waals surface area contributed by atoms with Crippen LogP contribution in [0, 0.1) is 0 Å². The van der Waals surface area contributed by atoms with Crippen LogP contribution in [0.2, 0.25) is 0 Å². The third-order valence-corrected chi connectivity index (χ3v) is 6.32. The SMILES string of the molecule is CCOC(=O)Oc1c2cccc(C3C(=O)NC(=O)NC3=O)cc-2c(OC(=O)OCC)c1N1C(=O)c2ccccc2C1=O. The number of hydrogen-bond donors (Lipinski definition) is 2. The van der Waals surface area contributed by atoms with Crippen LogP contribution in [0.4, 0.5) is 20.1 Å². The fraction of sp³-hybridized carbons (Fsp3) is 0.179. The summed E-state index contributed by atoms with van der Waals surface area (Å²) in [6.07, 6.45) is -2.42. The number of amides is 6. The highest BCUT2D eigenvalue weighted by Crippen LogP contribution is 2.55. The number of imide groups is 3. The number of benzene rings is 1. The molecule has 5 rings (SSSR count). The predicted molar refractivity (Wildman–Crippen MR) is 140 cm³/mol. The Morgan fingerprint density at radius 2 is 1.21 bits per heavy atom. The van der Waals surface area contributed by atoms with E-state index in [1.165, 1.54) is 50.2 Å². The van der Waals surface area contributed by atoms with Crippen LogP contribution >= 0.6 is 0 Å². The van der Waals surface area contributed by atoms with Gasteiger partial charge in [0.2, 0.25) is 11.8 Å². The molecule has 1 saturated heterocycles. The van der Waals surface area contributed by atoms with Crippen molar-refractivity contribution in [2.75, 3.05) is 18.1 Å². The van der Waals surface area contributed by atoms with Crippen molar-refractivity contribution in [3.63, 3.8) is 0 Å². The number of nitrogens with one attached hydrogen (secondary N) is 2. The van der Waals surface area contributed by atoms with Crippen molar-refractivity contribution in [1.29, 1.82) is 0 Å². The van der Waals surface area contributed by atoms with E-state index in [-0.39, 0.29) is 46.8 Å². The molecule has 6 amide bonds. The maximum atomic E-state index is 13.5. The highest BCUT2D eigenvalue weighted by atomic mass is 16.7. The summed E-state index contributed by atoms with van der Waals surface area (Å²) in [5.74, 6) is -5.79. The van der Waals surface area contributed by atoms with E-state index in [0.717, 1.165) is 0 Å². The Balaban J connectivity index is 1.78. The lowest BCUT2D eigenvalue weighted by atomic mass is 9.96. The molecule has 2 aliphatic heterocycles. The minimum Gasteiger partial charge on any atom is -0.434 e. The number of barbiturate groups is 1. The van der Waals surface area contributed by atoms with Crippen molar-refractivity contribution in [3.8, 4) is 22.6 Å². The molecule has 2 aliphatic carbocycles. The Morgan fingerprint density at radius 1 is 0.714 bits per heavy atom. The number of carbonyl (C=O) groups is 7. The van der Waals surface area contributed by atoms with E-state index in [1.54, 1.807) is 12.1 Å². The van der Waals surface area contributed by atoms with Crippen LogP contribution in [0.15, 0.2) is 48.5 Å². The zero-order valence-corrected chi connectivity index (χ0v) is 22.0. The molecular formula is C28H21N3O11. The maximum absolute atomic E-state index is 13.5. The number of ether oxygens (including phenoxy) is 4. The standard InChI is InChI=1S/C28H21N3O11/c1-3-39-27(37)41-20-14-11-7-8-13(18-22(32)29-26(36)30-23(18)33)12-17(14)21(42-28(38)40-4-2)19(20)31-24(34)15-9-5-6-10-16(15)25(31)35/h5-12,18H,3-4H2,1-2H3,(H2,29,30,32,33,36). The van der Waals surface area contributed by atoms with Gasteiger partial charge in [-0.25, -0.2) is 19.3 Å². The zero-order valence-electron chi connectivity index (χ0n) is 22.0. The quantitative estimate of drug-likeness (QED) is 0.250. The van der Waals surface area contributed by atoms with E-state index in [2.05, 4.69) is 0 Å². The van der Waals surface area contributed by atoms with E-state index >= 15 is 0 Å². The van der Waals surface area contributed by atoms with Crippen molar-refractivity contribution in [3.05, 3.63) is 65.2 Å². The summed E-state index contributed by atoms with van der Waals surface area (Å²) in [5.41, 5.74) is -0.309. The van der Waals surface area contributed by atoms with Gasteiger partial charge in [0, 0.05) is 11.1 Å². The van der Waals surface area contributed by atoms with Gasteiger partial charge in [-0.3, -0.25) is 29.8 Å². The molecule has 14 nitrogen and oxygen atoms in total. The smallest absolute Gasteiger partial charge is 0.434 e. The molecule has 0 radical (unpaired) electrons. The van der Waals surface area contributed by atoms with Crippen LogP contribution < -0.4 is 25.0 Å². The first-order chi connectivity index (χ1) is 20.2. The summed E-state index contributed by atoms with van der Waals surface area (Å²) in [6.45, 7) is 2.88. The molecule has 214 valence electrons. The molecule has 1 aromatic carbocycles. The van der Waals surface area contributed by atoms with Gasteiger partial charge in [0.15, 0.2) is 11.5 Å². The third kappa shape index (κ3) is 4.74. The average Bonchev–Trinajstić information content (AvgIpc) is 3.21. The monoisotopic (exact) mass is 575 g/mol. The van der Waals surface area contributed by atoms with Gasteiger partial charge in [-0.15, -0.1) is 0 Å². The summed E-state index contributed by atoms with van der Waals surface area (Å²) in [6, 6.07) is 10.4. The minimum atomic E-state index is -1.51. The molecule has 1 fully saturated rings. The second-order valence-electron chi connectivity index (χ2n) is 8.81. The van der Waals surface area contributed by atoms with Gasteiger partial charge in [0.25, 0.3) is 11.8 Å². The van der Waals surface area contributed by atoms with Crippen LogP contribution in [0.5, 0.6) is 11.5 Å². The highest BCUT2D eigenvalue weighted by Gasteiger charge is 2.44. The fourth-order valence-corrected chi connectivity index (χ4v) is 4.65. The Kier molecular flexibility index (Phi) is 7.27. The first kappa shape index (κ1) is 27.8. The van der Waals surface area contributed by atoms with Gasteiger partial charge in [0.05, 0.1) is 24.3 Å². The van der Waals surface area contributed by atoms with Gasteiger partial charge >= 0.3 is 18.3 Å². The lowest BCUT2D eigenvalue weighted by molar-refractivity contribution is -0.132. The molecule has 0 aromatic heterocycles. The largest absolute Gasteiger partial charge is 0.513 e. The Bertz CT molecular complexity index is 1610. The lowest BCUT2D eigenvalue weighted by Crippen LogP contribution is -2.54. The minimum absolute atomic E-state index is 0.0304. The molecule has 2 heterocycles. The van der Waals surface area contributed by atoms with E-state index in [0.29, 0.717) is 4.90 Å². The van der Waals surface area contributed by atoms with Gasteiger partial charge in [0.1, 0.15) is 11.6 Å². The van der Waals surface area contributed by atoms with Crippen LogP contribution in [-0.2, 0) is 19.1 Å². The molecule has 0 unspecified atom stereocenters. The zero-order chi connectivity index (χ0) is 30.1. The van der Waals surface area contributed by atoms with E-state index < -0.39 is 59.3 Å². The van der Waals surface area contributed by atoms with Gasteiger partial charge in [-0.05, 0) is 37.6 Å². The summed E-state index contributed by atoms with van der Waals surface area (Å²) >= 11 is 0. The number of urea groups is 1. The van der Waals surface area contributed by atoms with Crippen LogP contribution in [-0.4, -0.2) is 55.2 Å². The Hall–Kier alpha value is -5.79. The number of anilines is 1. The molecule has 0 bridgehead atoms. The van der Waals surface area contributed by atoms with E-state index in [1.807, 2.05) is 10.6 Å². The fourth-order valence-electron chi connectivity index (χ4n) is 4.65. The van der Waals surface area contributed by atoms with Crippen molar-refractivity contribution in [2.24, 2.45) is 0 Å². The van der Waals surface area contributed by atoms with Crippen molar-refractivity contribution in [1.82, 2.24) is 10.6 Å². The van der Waals surface area contributed by atoms with E-state index in [4.69, 9.17) is 18.9 Å². The molecule has 1 aromatic rings. The van der Waals surface area contributed by atoms with Gasteiger partial charge < -0.3 is 18.9 Å². The lowest BCUT2D eigenvalue weighted by Gasteiger charge is -2.20. The molecule has 0 spiro atoms. The molecule has 14 heteroatoms. The molecular weight excluding hydrogens is 554 g/mol. The van der Waals surface area contributed by atoms with Crippen LogP contribution in [0.3, 0.4) is 0 Å². The first-order valence-electron chi connectivity index (χ1n) is 12.6. The summed E-state index contributed by atoms with van der Waals surface area (Å²) in [7, 11) is 0. The molecule has 0 saturated carbocycles. The van der Waals surface area contributed by atoms with Crippen molar-refractivity contribution in [2.45, 2.75) is 19.8 Å². The van der Waals surface area contributed by atoms with E-state index in [9.17, 15) is 33.6 Å². The highest BCUT2D eigenvalue weighted by molar-refractivity contribution is 6.36. The Labute approximate surface area is 236 Å². The van der Waals surface area contributed by atoms with Crippen LogP contribution in [0.25, 0.3) is 11.1 Å². The third-order valence-electron chi connectivity index (χ3n) is 6.32. The molecule has 42 heavy (non-hydrogen) atoms. The maximum Gasteiger partial charge on any atom is 0.513 e. The number of carbonyl (C=O) groups excluding carboxylic acids is 7. The number of hydrogen-bond acceptors (Lipinski definition) is 11. The van der Waals surface area contributed by atoms with Crippen molar-refractivity contribution >= 4 is 47.7 Å². The summed E-state index contributed by atoms with van der Waals surface area (Å²) in [4.78, 5) is 89.8. The summed E-state index contributed by atoms with van der Waals surface area (Å²) < 4.78 is 20.8. The van der Waals surface area contributed by atoms with Gasteiger partial charge in [-0.1, -0.05) is 30.3 Å². The van der Waals surface area contributed by atoms with Crippen molar-refractivity contribution < 1.29 is 52.5 Å². The second-order valence-corrected chi connectivity index (χ2v) is 8.81. The normalized spacial score (nSPS) is 14.8. The molecule has 4 aliphatic rings. The first-order valence-corrected chi connectivity index (χ1v) is 12.6. The average molecular weight is 575 g/mol. The molecule has 0 atom stereocenters. The second kappa shape index (κ2) is 11.0.